The molecule has 1 rings (SSSR count). The second-order valence-electron chi connectivity index (χ2n) is 3.84. The van der Waals surface area contributed by atoms with Crippen molar-refractivity contribution in [2.45, 2.75) is 19.2 Å². The molecule has 1 N–H and O–H groups in total. The van der Waals surface area contributed by atoms with Gasteiger partial charge in [-0.3, -0.25) is 4.79 Å². The van der Waals surface area contributed by atoms with Crippen LogP contribution in [0.5, 0.6) is 5.75 Å². The molecule has 1 atom stereocenters. The van der Waals surface area contributed by atoms with Gasteiger partial charge in [0.05, 0.1) is 6.61 Å². The Morgan fingerprint density at radius 2 is 2.16 bits per heavy atom. The van der Waals surface area contributed by atoms with E-state index in [1.54, 1.807) is 18.2 Å². The number of rotatable bonds is 6. The molecule has 1 unspecified atom stereocenters. The van der Waals surface area contributed by atoms with Gasteiger partial charge in [-0.25, -0.2) is 4.79 Å². The SMILES string of the molecule is CCOc1cccc(C=CC(=O)O)c1C(Cl)C(C)=O. The van der Waals surface area contributed by atoms with Gasteiger partial charge in [0, 0.05) is 11.6 Å². The largest absolute Gasteiger partial charge is 0.494 e. The summed E-state index contributed by atoms with van der Waals surface area (Å²) in [5.41, 5.74) is 1.06. The summed E-state index contributed by atoms with van der Waals surface area (Å²) in [5, 5.41) is 7.80. The van der Waals surface area contributed by atoms with Gasteiger partial charge in [-0.1, -0.05) is 12.1 Å². The topological polar surface area (TPSA) is 63.6 Å². The lowest BCUT2D eigenvalue weighted by Gasteiger charge is -2.15. The number of ketones is 1. The Hall–Kier alpha value is -1.81. The minimum absolute atomic E-state index is 0.223. The summed E-state index contributed by atoms with van der Waals surface area (Å²) in [5.74, 6) is -0.800. The fourth-order valence-electron chi connectivity index (χ4n) is 1.62. The zero-order valence-corrected chi connectivity index (χ0v) is 11.5. The molecule has 0 spiro atoms. The van der Waals surface area contributed by atoms with Crippen LogP contribution in [0.15, 0.2) is 24.3 Å². The molecule has 0 bridgehead atoms. The van der Waals surface area contributed by atoms with Gasteiger partial charge in [-0.15, -0.1) is 11.6 Å². The molecule has 0 aliphatic heterocycles. The van der Waals surface area contributed by atoms with E-state index < -0.39 is 11.3 Å². The zero-order valence-electron chi connectivity index (χ0n) is 10.7. The fraction of sp³-hybridized carbons (Fsp3) is 0.286. The highest BCUT2D eigenvalue weighted by Crippen LogP contribution is 2.34. The Balaban J connectivity index is 3.32. The van der Waals surface area contributed by atoms with Crippen LogP contribution < -0.4 is 4.74 Å². The number of benzene rings is 1. The fourth-order valence-corrected chi connectivity index (χ4v) is 1.86. The summed E-state index contributed by atoms with van der Waals surface area (Å²) < 4.78 is 5.44. The maximum atomic E-state index is 11.5. The van der Waals surface area contributed by atoms with Crippen molar-refractivity contribution in [2.24, 2.45) is 0 Å². The lowest BCUT2D eigenvalue weighted by atomic mass is 10.0. The van der Waals surface area contributed by atoms with Crippen LogP contribution in [-0.4, -0.2) is 23.5 Å². The summed E-state index contributed by atoms with van der Waals surface area (Å²) >= 11 is 6.09. The summed E-state index contributed by atoms with van der Waals surface area (Å²) in [6.45, 7) is 3.63. The molecule has 5 heteroatoms. The van der Waals surface area contributed by atoms with Crippen LogP contribution in [0, 0.1) is 0 Å². The van der Waals surface area contributed by atoms with E-state index in [9.17, 15) is 9.59 Å². The summed E-state index contributed by atoms with van der Waals surface area (Å²) in [7, 11) is 0. The minimum atomic E-state index is -1.07. The van der Waals surface area contributed by atoms with E-state index in [-0.39, 0.29) is 5.78 Å². The second-order valence-corrected chi connectivity index (χ2v) is 4.27. The first-order valence-corrected chi connectivity index (χ1v) is 6.22. The van der Waals surface area contributed by atoms with Crippen LogP contribution >= 0.6 is 11.6 Å². The minimum Gasteiger partial charge on any atom is -0.494 e. The van der Waals surface area contributed by atoms with E-state index in [2.05, 4.69) is 0 Å². The number of aliphatic carboxylic acids is 1. The van der Waals surface area contributed by atoms with E-state index in [0.29, 0.717) is 23.5 Å². The van der Waals surface area contributed by atoms with E-state index in [1.807, 2.05) is 6.92 Å². The van der Waals surface area contributed by atoms with Gasteiger partial charge in [0.2, 0.25) is 0 Å². The second kappa shape index (κ2) is 6.95. The molecule has 0 heterocycles. The molecule has 0 radical (unpaired) electrons. The first kappa shape index (κ1) is 15.2. The maximum absolute atomic E-state index is 11.5. The molecule has 0 saturated heterocycles. The number of ether oxygens (including phenoxy) is 1. The highest BCUT2D eigenvalue weighted by atomic mass is 35.5. The molecule has 0 aliphatic rings. The molecule has 4 nitrogen and oxygen atoms in total. The van der Waals surface area contributed by atoms with E-state index in [4.69, 9.17) is 21.4 Å². The van der Waals surface area contributed by atoms with Crippen molar-refractivity contribution in [1.29, 1.82) is 0 Å². The average molecular weight is 283 g/mol. The van der Waals surface area contributed by atoms with Gasteiger partial charge in [-0.2, -0.15) is 0 Å². The molecular formula is C14H15ClO4. The third-order valence-electron chi connectivity index (χ3n) is 2.42. The number of carboxylic acid groups (broad SMARTS) is 1. The quantitative estimate of drug-likeness (QED) is 0.643. The molecule has 0 saturated carbocycles. The number of alkyl halides is 1. The number of Topliss-reactive ketones (excluding diaryl/α,β-unsaturated/α-hetero) is 1. The van der Waals surface area contributed by atoms with E-state index in [0.717, 1.165) is 6.08 Å². The molecule has 0 fully saturated rings. The Morgan fingerprint density at radius 3 is 2.68 bits per heavy atom. The van der Waals surface area contributed by atoms with Gasteiger partial charge >= 0.3 is 5.97 Å². The first-order chi connectivity index (χ1) is 8.97. The summed E-state index contributed by atoms with van der Waals surface area (Å²) in [4.78, 5) is 22.0. The summed E-state index contributed by atoms with van der Waals surface area (Å²) in [6, 6.07) is 5.12. The maximum Gasteiger partial charge on any atom is 0.328 e. The van der Waals surface area contributed by atoms with Crippen LogP contribution in [0.3, 0.4) is 0 Å². The first-order valence-electron chi connectivity index (χ1n) is 5.78. The highest BCUT2D eigenvalue weighted by molar-refractivity contribution is 6.31. The van der Waals surface area contributed by atoms with Crippen LogP contribution in [0.2, 0.25) is 0 Å². The van der Waals surface area contributed by atoms with Gasteiger partial charge in [-0.05, 0) is 31.6 Å². The van der Waals surface area contributed by atoms with Crippen LogP contribution in [0.25, 0.3) is 6.08 Å². The van der Waals surface area contributed by atoms with Gasteiger partial charge in [0.1, 0.15) is 11.1 Å². The van der Waals surface area contributed by atoms with Gasteiger partial charge in [0.25, 0.3) is 0 Å². The Bertz CT molecular complexity index is 508. The van der Waals surface area contributed by atoms with Gasteiger partial charge < -0.3 is 9.84 Å². The third-order valence-corrected chi connectivity index (χ3v) is 2.94. The Kier molecular flexibility index (Phi) is 5.57. The van der Waals surface area contributed by atoms with Crippen molar-refractivity contribution in [3.05, 3.63) is 35.4 Å². The predicted octanol–water partition coefficient (Wildman–Crippen LogP) is 3.05. The number of hydrogen-bond donors (Lipinski definition) is 1. The standard InChI is InChI=1S/C14H15ClO4/c1-3-19-11-6-4-5-10(7-8-12(17)18)13(11)14(15)9(2)16/h4-8,14H,3H2,1-2H3,(H,17,18). The third kappa shape index (κ3) is 4.10. The highest BCUT2D eigenvalue weighted by Gasteiger charge is 2.20. The number of halogens is 1. The Morgan fingerprint density at radius 1 is 1.47 bits per heavy atom. The normalized spacial score (nSPS) is 12.4. The molecule has 0 aliphatic carbocycles. The van der Waals surface area contributed by atoms with E-state index in [1.165, 1.54) is 13.0 Å². The summed E-state index contributed by atoms with van der Waals surface area (Å²) in [6.07, 6.45) is 2.40. The Labute approximate surface area is 116 Å². The van der Waals surface area contributed by atoms with Crippen molar-refractivity contribution in [2.75, 3.05) is 6.61 Å². The number of carboxylic acids is 1. The lowest BCUT2D eigenvalue weighted by Crippen LogP contribution is -2.07. The predicted molar refractivity (Wildman–Crippen MR) is 73.6 cm³/mol. The van der Waals surface area contributed by atoms with Crippen molar-refractivity contribution in [3.8, 4) is 5.75 Å². The van der Waals surface area contributed by atoms with Crippen LogP contribution in [-0.2, 0) is 9.59 Å². The van der Waals surface area contributed by atoms with Crippen LogP contribution in [0.1, 0.15) is 30.4 Å². The molecule has 0 aromatic heterocycles. The smallest absolute Gasteiger partial charge is 0.328 e. The van der Waals surface area contributed by atoms with Crippen molar-refractivity contribution < 1.29 is 19.4 Å². The lowest BCUT2D eigenvalue weighted by molar-refractivity contribution is -0.131. The molecule has 19 heavy (non-hydrogen) atoms. The van der Waals surface area contributed by atoms with Crippen molar-refractivity contribution >= 4 is 29.4 Å². The molecule has 102 valence electrons. The number of carbonyl (C=O) groups excluding carboxylic acids is 1. The van der Waals surface area contributed by atoms with Crippen molar-refractivity contribution in [1.82, 2.24) is 0 Å². The molecule has 1 aromatic carbocycles. The monoisotopic (exact) mass is 282 g/mol. The number of hydrogen-bond acceptors (Lipinski definition) is 3. The zero-order chi connectivity index (χ0) is 14.4. The average Bonchev–Trinajstić information content (AvgIpc) is 2.36. The molecular weight excluding hydrogens is 268 g/mol. The molecule has 1 aromatic rings. The van der Waals surface area contributed by atoms with Crippen LogP contribution in [0.4, 0.5) is 0 Å². The van der Waals surface area contributed by atoms with E-state index >= 15 is 0 Å². The molecule has 0 amide bonds. The van der Waals surface area contributed by atoms with Crippen molar-refractivity contribution in [3.63, 3.8) is 0 Å². The van der Waals surface area contributed by atoms with Gasteiger partial charge in [0.15, 0.2) is 5.78 Å². The number of carbonyl (C=O) groups is 2.